The molecular formula is C28H38O2. The van der Waals surface area contributed by atoms with Crippen molar-refractivity contribution >= 4 is 5.97 Å². The number of hydrogen-bond acceptors (Lipinski definition) is 2. The molecule has 0 bridgehead atoms. The summed E-state index contributed by atoms with van der Waals surface area (Å²) in [5, 5.41) is 0. The lowest BCUT2D eigenvalue weighted by Crippen LogP contribution is -2.18. The van der Waals surface area contributed by atoms with Crippen LogP contribution in [0.25, 0.3) is 0 Å². The quantitative estimate of drug-likeness (QED) is 0.298. The van der Waals surface area contributed by atoms with Gasteiger partial charge in [-0.05, 0) is 68.0 Å². The summed E-state index contributed by atoms with van der Waals surface area (Å²) < 4.78 is 5.49. The van der Waals surface area contributed by atoms with E-state index in [0.717, 1.165) is 29.9 Å². The van der Waals surface area contributed by atoms with E-state index in [1.165, 1.54) is 18.4 Å². The number of ether oxygens (including phenoxy) is 1. The Morgan fingerprint density at radius 1 is 0.833 bits per heavy atom. The van der Waals surface area contributed by atoms with Crippen molar-refractivity contribution in [2.75, 3.05) is 0 Å². The first-order valence-corrected chi connectivity index (χ1v) is 11.5. The molecule has 3 rings (SSSR count). The third-order valence-electron chi connectivity index (χ3n) is 5.08. The van der Waals surface area contributed by atoms with Gasteiger partial charge in [0.15, 0.2) is 0 Å². The Hall–Kier alpha value is -2.53. The van der Waals surface area contributed by atoms with Gasteiger partial charge in [-0.2, -0.15) is 0 Å². The average molecular weight is 407 g/mol. The maximum atomic E-state index is 12.1. The first kappa shape index (κ1) is 25.5. The molecular weight excluding hydrogens is 368 g/mol. The van der Waals surface area contributed by atoms with Gasteiger partial charge in [0.1, 0.15) is 5.75 Å². The van der Waals surface area contributed by atoms with Crippen LogP contribution in [0.1, 0.15) is 83.4 Å². The van der Waals surface area contributed by atoms with Crippen molar-refractivity contribution in [3.8, 4) is 17.6 Å². The normalized spacial score (nSPS) is 17.1. The van der Waals surface area contributed by atoms with Gasteiger partial charge >= 0.3 is 5.97 Å². The van der Waals surface area contributed by atoms with E-state index in [1.807, 2.05) is 64.1 Å². The molecule has 2 nitrogen and oxygen atoms in total. The van der Waals surface area contributed by atoms with Gasteiger partial charge in [0.05, 0.1) is 0 Å². The minimum atomic E-state index is -0.122. The molecule has 1 saturated carbocycles. The second kappa shape index (κ2) is 14.5. The molecule has 0 spiro atoms. The molecule has 1 aliphatic rings. The number of hydrogen-bond donors (Lipinski definition) is 0. The topological polar surface area (TPSA) is 26.3 Å². The molecule has 2 aromatic carbocycles. The van der Waals surface area contributed by atoms with Gasteiger partial charge in [-0.3, -0.25) is 4.79 Å². The van der Waals surface area contributed by atoms with Crippen molar-refractivity contribution in [1.82, 2.24) is 0 Å². The van der Waals surface area contributed by atoms with Crippen LogP contribution in [0, 0.1) is 30.6 Å². The molecule has 0 saturated heterocycles. The second-order valence-corrected chi connectivity index (χ2v) is 7.44. The van der Waals surface area contributed by atoms with Crippen LogP contribution in [0.3, 0.4) is 0 Å². The van der Waals surface area contributed by atoms with Gasteiger partial charge in [0, 0.05) is 17.5 Å². The summed E-state index contributed by atoms with van der Waals surface area (Å²) in [5.74, 6) is 8.05. The Morgan fingerprint density at radius 2 is 1.30 bits per heavy atom. The molecule has 0 heterocycles. The maximum absolute atomic E-state index is 12.1. The van der Waals surface area contributed by atoms with Crippen LogP contribution in [0.5, 0.6) is 5.75 Å². The predicted octanol–water partition coefficient (Wildman–Crippen LogP) is 7.57. The Balaban J connectivity index is 0.00000106. The van der Waals surface area contributed by atoms with E-state index >= 15 is 0 Å². The Morgan fingerprint density at radius 3 is 1.80 bits per heavy atom. The zero-order chi connectivity index (χ0) is 22.4. The van der Waals surface area contributed by atoms with Crippen LogP contribution in [-0.2, 0) is 4.79 Å². The van der Waals surface area contributed by atoms with E-state index in [9.17, 15) is 4.79 Å². The highest BCUT2D eigenvalue weighted by atomic mass is 16.5. The lowest BCUT2D eigenvalue weighted by molar-refractivity contribution is -0.135. The Bertz CT molecular complexity index is 783. The highest BCUT2D eigenvalue weighted by Gasteiger charge is 2.21. The Labute approximate surface area is 184 Å². The zero-order valence-corrected chi connectivity index (χ0v) is 19.6. The van der Waals surface area contributed by atoms with Crippen molar-refractivity contribution in [3.05, 3.63) is 65.2 Å². The number of benzene rings is 2. The minimum Gasteiger partial charge on any atom is -0.427 e. The summed E-state index contributed by atoms with van der Waals surface area (Å²) in [5.41, 5.74) is 3.13. The third-order valence-corrected chi connectivity index (χ3v) is 5.08. The van der Waals surface area contributed by atoms with Gasteiger partial charge < -0.3 is 4.74 Å². The number of carbonyl (C=O) groups excluding carboxylic acids is 1. The van der Waals surface area contributed by atoms with Gasteiger partial charge in [-0.1, -0.05) is 77.0 Å². The van der Waals surface area contributed by atoms with Crippen LogP contribution in [0.2, 0.25) is 0 Å². The number of rotatable bonds is 3. The molecule has 1 fully saturated rings. The van der Waals surface area contributed by atoms with Gasteiger partial charge in [-0.15, -0.1) is 0 Å². The standard InChI is InChI=1S/C24H26O2.2C2H6/c1-18-3-7-20(8-4-18)11-12-21-13-15-23(16-14-21)26-24(25)17-22-9-5-19(2)6-10-22;2*1-2/h3-4,7-8,13-16,19,22H,5-6,9-10,17H2,1-2H3;2*1-2H3. The highest BCUT2D eigenvalue weighted by molar-refractivity contribution is 5.72. The monoisotopic (exact) mass is 406 g/mol. The van der Waals surface area contributed by atoms with E-state index in [-0.39, 0.29) is 5.97 Å². The summed E-state index contributed by atoms with van der Waals surface area (Å²) >= 11 is 0. The van der Waals surface area contributed by atoms with Crippen molar-refractivity contribution in [3.63, 3.8) is 0 Å². The summed E-state index contributed by atoms with van der Waals surface area (Å²) in [6.45, 7) is 12.4. The SMILES string of the molecule is CC.CC.Cc1ccc(C#Cc2ccc(OC(=O)CC3CCC(C)CC3)cc2)cc1. The smallest absolute Gasteiger partial charge is 0.311 e. The molecule has 2 aromatic rings. The first-order chi connectivity index (χ1) is 14.6. The molecule has 0 N–H and O–H groups in total. The molecule has 2 heteroatoms. The largest absolute Gasteiger partial charge is 0.427 e. The van der Waals surface area contributed by atoms with Gasteiger partial charge in [-0.25, -0.2) is 0 Å². The number of carbonyl (C=O) groups is 1. The fraction of sp³-hybridized carbons (Fsp3) is 0.464. The van der Waals surface area contributed by atoms with Crippen LogP contribution in [0.4, 0.5) is 0 Å². The second-order valence-electron chi connectivity index (χ2n) is 7.44. The maximum Gasteiger partial charge on any atom is 0.311 e. The van der Waals surface area contributed by atoms with Crippen LogP contribution >= 0.6 is 0 Å². The van der Waals surface area contributed by atoms with Crippen molar-refractivity contribution in [1.29, 1.82) is 0 Å². The average Bonchev–Trinajstić information content (AvgIpc) is 2.79. The van der Waals surface area contributed by atoms with Crippen LogP contribution in [0.15, 0.2) is 48.5 Å². The molecule has 162 valence electrons. The van der Waals surface area contributed by atoms with Crippen molar-refractivity contribution in [2.24, 2.45) is 11.8 Å². The van der Waals surface area contributed by atoms with E-state index in [2.05, 4.69) is 37.8 Å². The fourth-order valence-corrected chi connectivity index (χ4v) is 3.33. The molecule has 0 unspecified atom stereocenters. The first-order valence-electron chi connectivity index (χ1n) is 11.5. The number of esters is 1. The van der Waals surface area contributed by atoms with Crippen LogP contribution < -0.4 is 4.74 Å². The summed E-state index contributed by atoms with van der Waals surface area (Å²) in [4.78, 5) is 12.1. The van der Waals surface area contributed by atoms with Crippen LogP contribution in [-0.4, -0.2) is 5.97 Å². The summed E-state index contributed by atoms with van der Waals surface area (Å²) in [6, 6.07) is 15.6. The molecule has 0 amide bonds. The van der Waals surface area contributed by atoms with E-state index in [4.69, 9.17) is 4.74 Å². The summed E-state index contributed by atoms with van der Waals surface area (Å²) in [6.07, 6.45) is 5.27. The molecule has 0 aromatic heterocycles. The molecule has 0 radical (unpaired) electrons. The molecule has 30 heavy (non-hydrogen) atoms. The van der Waals surface area contributed by atoms with E-state index in [0.29, 0.717) is 18.1 Å². The molecule has 0 atom stereocenters. The summed E-state index contributed by atoms with van der Waals surface area (Å²) in [7, 11) is 0. The minimum absolute atomic E-state index is 0.122. The van der Waals surface area contributed by atoms with Gasteiger partial charge in [0.25, 0.3) is 0 Å². The lowest BCUT2D eigenvalue weighted by Gasteiger charge is -2.25. The van der Waals surface area contributed by atoms with E-state index in [1.54, 1.807) is 0 Å². The predicted molar refractivity (Wildman–Crippen MR) is 128 cm³/mol. The van der Waals surface area contributed by atoms with Crippen molar-refractivity contribution in [2.45, 2.75) is 73.6 Å². The molecule has 0 aliphatic heterocycles. The third kappa shape index (κ3) is 9.31. The highest BCUT2D eigenvalue weighted by Crippen LogP contribution is 2.30. The molecule has 1 aliphatic carbocycles. The van der Waals surface area contributed by atoms with E-state index < -0.39 is 0 Å². The van der Waals surface area contributed by atoms with Gasteiger partial charge in [0.2, 0.25) is 0 Å². The zero-order valence-electron chi connectivity index (χ0n) is 19.6. The Kier molecular flexibility index (Phi) is 12.3. The lowest BCUT2D eigenvalue weighted by atomic mass is 9.81. The fourth-order valence-electron chi connectivity index (χ4n) is 3.33. The van der Waals surface area contributed by atoms with Crippen molar-refractivity contribution < 1.29 is 9.53 Å². The number of aryl methyl sites for hydroxylation is 1.